The zero-order chi connectivity index (χ0) is 13.8. The van der Waals surface area contributed by atoms with Crippen molar-refractivity contribution in [1.29, 1.82) is 0 Å². The molecule has 1 fully saturated rings. The molecule has 6 heteroatoms. The first-order chi connectivity index (χ1) is 9.04. The minimum atomic E-state index is -0.964. The number of rotatable bonds is 3. The van der Waals surface area contributed by atoms with E-state index in [9.17, 15) is 13.6 Å². The van der Waals surface area contributed by atoms with Crippen molar-refractivity contribution in [3.05, 3.63) is 29.8 Å². The van der Waals surface area contributed by atoms with Crippen LogP contribution in [0.2, 0.25) is 0 Å². The molecule has 1 atom stereocenters. The first kappa shape index (κ1) is 13.9. The van der Waals surface area contributed by atoms with Crippen LogP contribution in [0.15, 0.2) is 18.2 Å². The third-order valence-electron chi connectivity index (χ3n) is 3.02. The lowest BCUT2D eigenvalue weighted by Crippen LogP contribution is -2.51. The minimum absolute atomic E-state index is 0.222. The normalized spacial score (nSPS) is 20.3. The Hall–Kier alpha value is -1.53. The molecular formula is C13H17F2N3O. The quantitative estimate of drug-likeness (QED) is 0.866. The van der Waals surface area contributed by atoms with E-state index in [1.54, 1.807) is 0 Å². The zero-order valence-corrected chi connectivity index (χ0v) is 10.7. The van der Waals surface area contributed by atoms with Crippen LogP contribution in [0.25, 0.3) is 0 Å². The lowest BCUT2D eigenvalue weighted by molar-refractivity contribution is -0.117. The second kappa shape index (κ2) is 6.08. The predicted molar refractivity (Wildman–Crippen MR) is 68.9 cm³/mol. The molecule has 1 heterocycles. The Morgan fingerprint density at radius 1 is 1.47 bits per heavy atom. The minimum Gasteiger partial charge on any atom is -0.325 e. The van der Waals surface area contributed by atoms with E-state index in [0.717, 1.165) is 31.8 Å². The smallest absolute Gasteiger partial charge is 0.238 e. The number of benzene rings is 1. The molecule has 0 aliphatic carbocycles. The van der Waals surface area contributed by atoms with E-state index < -0.39 is 11.6 Å². The maximum atomic E-state index is 13.0. The van der Waals surface area contributed by atoms with Gasteiger partial charge in [0.05, 0.1) is 6.54 Å². The van der Waals surface area contributed by atoms with Crippen molar-refractivity contribution in [1.82, 2.24) is 10.2 Å². The van der Waals surface area contributed by atoms with Gasteiger partial charge in [0.1, 0.15) is 0 Å². The van der Waals surface area contributed by atoms with Gasteiger partial charge in [-0.2, -0.15) is 0 Å². The summed E-state index contributed by atoms with van der Waals surface area (Å²) in [4.78, 5) is 13.8. The van der Waals surface area contributed by atoms with E-state index in [0.29, 0.717) is 6.04 Å². The van der Waals surface area contributed by atoms with Crippen molar-refractivity contribution >= 4 is 11.6 Å². The first-order valence-corrected chi connectivity index (χ1v) is 6.25. The maximum absolute atomic E-state index is 13.0. The average molecular weight is 269 g/mol. The fourth-order valence-electron chi connectivity index (χ4n) is 2.13. The molecule has 1 amide bonds. The highest BCUT2D eigenvalue weighted by molar-refractivity contribution is 5.92. The Bertz CT molecular complexity index is 467. The second-order valence-electron chi connectivity index (χ2n) is 4.77. The molecule has 2 N–H and O–H groups in total. The van der Waals surface area contributed by atoms with Crippen LogP contribution in [0.3, 0.4) is 0 Å². The summed E-state index contributed by atoms with van der Waals surface area (Å²) in [5.41, 5.74) is 0.270. The van der Waals surface area contributed by atoms with Crippen LogP contribution in [0.5, 0.6) is 0 Å². The number of hydrogen-bond donors (Lipinski definition) is 2. The number of nitrogens with zero attached hydrogens (tertiary/aromatic N) is 1. The number of nitrogens with one attached hydrogen (secondary N) is 2. The van der Waals surface area contributed by atoms with Gasteiger partial charge in [0.15, 0.2) is 11.6 Å². The van der Waals surface area contributed by atoms with E-state index in [1.165, 1.54) is 6.07 Å². The molecule has 0 saturated carbocycles. The summed E-state index contributed by atoms with van der Waals surface area (Å²) >= 11 is 0. The van der Waals surface area contributed by atoms with Gasteiger partial charge < -0.3 is 10.6 Å². The van der Waals surface area contributed by atoms with Crippen LogP contribution >= 0.6 is 0 Å². The number of amides is 1. The summed E-state index contributed by atoms with van der Waals surface area (Å²) in [5, 5.41) is 5.85. The summed E-state index contributed by atoms with van der Waals surface area (Å²) in [6, 6.07) is 3.67. The van der Waals surface area contributed by atoms with Crippen LogP contribution < -0.4 is 10.6 Å². The van der Waals surface area contributed by atoms with Crippen LogP contribution in [-0.2, 0) is 4.79 Å². The predicted octanol–water partition coefficient (Wildman–Crippen LogP) is 1.20. The van der Waals surface area contributed by atoms with E-state index in [-0.39, 0.29) is 18.1 Å². The van der Waals surface area contributed by atoms with Gasteiger partial charge in [-0.1, -0.05) is 0 Å². The lowest BCUT2D eigenvalue weighted by atomic mass is 10.2. The number of carbonyl (C=O) groups excluding carboxylic acids is 1. The highest BCUT2D eigenvalue weighted by Crippen LogP contribution is 2.13. The molecular weight excluding hydrogens is 252 g/mol. The standard InChI is InChI=1S/C13H17F2N3O/c1-9-7-18(5-4-16-9)8-13(19)17-10-2-3-11(14)12(15)6-10/h2-3,6,9,16H,4-5,7-8H2,1H3,(H,17,19). The van der Waals surface area contributed by atoms with Crippen molar-refractivity contribution in [3.8, 4) is 0 Å². The first-order valence-electron chi connectivity index (χ1n) is 6.25. The summed E-state index contributed by atoms with van der Waals surface area (Å²) in [5.74, 6) is -2.11. The van der Waals surface area contributed by atoms with Crippen molar-refractivity contribution in [2.45, 2.75) is 13.0 Å². The Kier molecular flexibility index (Phi) is 4.44. The molecule has 1 aromatic rings. The molecule has 0 bridgehead atoms. The van der Waals surface area contributed by atoms with Gasteiger partial charge in [-0.15, -0.1) is 0 Å². The lowest BCUT2D eigenvalue weighted by Gasteiger charge is -2.31. The van der Waals surface area contributed by atoms with Gasteiger partial charge in [-0.3, -0.25) is 9.69 Å². The van der Waals surface area contributed by atoms with Crippen molar-refractivity contribution in [2.75, 3.05) is 31.5 Å². The molecule has 2 rings (SSSR count). The Balaban J connectivity index is 1.88. The summed E-state index contributed by atoms with van der Waals surface area (Å²) in [6.07, 6.45) is 0. The van der Waals surface area contributed by atoms with Gasteiger partial charge in [0.25, 0.3) is 0 Å². The fourth-order valence-corrected chi connectivity index (χ4v) is 2.13. The fraction of sp³-hybridized carbons (Fsp3) is 0.462. The molecule has 1 aliphatic rings. The van der Waals surface area contributed by atoms with Crippen LogP contribution in [0.1, 0.15) is 6.92 Å². The molecule has 4 nitrogen and oxygen atoms in total. The van der Waals surface area contributed by atoms with Crippen LogP contribution in [0, 0.1) is 11.6 Å². The molecule has 1 aliphatic heterocycles. The van der Waals surface area contributed by atoms with Gasteiger partial charge in [0.2, 0.25) is 5.91 Å². The summed E-state index contributed by atoms with van der Waals surface area (Å²) in [6.45, 7) is 4.75. The molecule has 104 valence electrons. The SMILES string of the molecule is CC1CN(CC(=O)Nc2ccc(F)c(F)c2)CCN1. The molecule has 0 aromatic heterocycles. The average Bonchev–Trinajstić information content (AvgIpc) is 2.34. The Labute approximate surface area is 110 Å². The number of anilines is 1. The van der Waals surface area contributed by atoms with E-state index in [1.807, 2.05) is 4.90 Å². The van der Waals surface area contributed by atoms with Crippen LogP contribution in [-0.4, -0.2) is 43.0 Å². The van der Waals surface area contributed by atoms with Crippen molar-refractivity contribution in [2.24, 2.45) is 0 Å². The van der Waals surface area contributed by atoms with Gasteiger partial charge in [-0.25, -0.2) is 8.78 Å². The van der Waals surface area contributed by atoms with Crippen molar-refractivity contribution < 1.29 is 13.6 Å². The molecule has 0 spiro atoms. The monoisotopic (exact) mass is 269 g/mol. The van der Waals surface area contributed by atoms with E-state index in [2.05, 4.69) is 17.6 Å². The number of halogens is 2. The molecule has 1 saturated heterocycles. The number of hydrogen-bond acceptors (Lipinski definition) is 3. The highest BCUT2D eigenvalue weighted by atomic mass is 19.2. The molecule has 1 aromatic carbocycles. The largest absolute Gasteiger partial charge is 0.325 e. The molecule has 19 heavy (non-hydrogen) atoms. The van der Waals surface area contributed by atoms with Gasteiger partial charge in [0, 0.05) is 37.4 Å². The molecule has 0 radical (unpaired) electrons. The zero-order valence-electron chi connectivity index (χ0n) is 10.7. The third-order valence-corrected chi connectivity index (χ3v) is 3.02. The van der Waals surface area contributed by atoms with Crippen LogP contribution in [0.4, 0.5) is 14.5 Å². The number of carbonyl (C=O) groups is 1. The second-order valence-corrected chi connectivity index (χ2v) is 4.77. The van der Waals surface area contributed by atoms with Crippen molar-refractivity contribution in [3.63, 3.8) is 0 Å². The molecule has 1 unspecified atom stereocenters. The highest BCUT2D eigenvalue weighted by Gasteiger charge is 2.18. The Morgan fingerprint density at radius 2 is 2.26 bits per heavy atom. The Morgan fingerprint density at radius 3 is 2.95 bits per heavy atom. The van der Waals surface area contributed by atoms with E-state index >= 15 is 0 Å². The maximum Gasteiger partial charge on any atom is 0.238 e. The van der Waals surface area contributed by atoms with E-state index in [4.69, 9.17) is 0 Å². The van der Waals surface area contributed by atoms with Gasteiger partial charge >= 0.3 is 0 Å². The number of piperazine rings is 1. The summed E-state index contributed by atoms with van der Waals surface area (Å²) in [7, 11) is 0. The topological polar surface area (TPSA) is 44.4 Å². The van der Waals surface area contributed by atoms with Gasteiger partial charge in [-0.05, 0) is 19.1 Å². The third kappa shape index (κ3) is 3.97. The summed E-state index contributed by atoms with van der Waals surface area (Å²) < 4.78 is 25.7.